The van der Waals surface area contributed by atoms with Gasteiger partial charge in [0.2, 0.25) is 0 Å². The van der Waals surface area contributed by atoms with E-state index in [1.165, 1.54) is 0 Å². The molecule has 1 aromatic rings. The summed E-state index contributed by atoms with van der Waals surface area (Å²) < 4.78 is 5.51. The van der Waals surface area contributed by atoms with Crippen LogP contribution in [0.25, 0.3) is 0 Å². The van der Waals surface area contributed by atoms with Crippen molar-refractivity contribution >= 4 is 18.1 Å². The van der Waals surface area contributed by atoms with Crippen LogP contribution in [0.4, 0.5) is 10.5 Å². The highest BCUT2D eigenvalue weighted by molar-refractivity contribution is 5.80. The van der Waals surface area contributed by atoms with Crippen LogP contribution in [0.1, 0.15) is 44.0 Å². The second-order valence-electron chi connectivity index (χ2n) is 7.53. The molecule has 2 bridgehead atoms. The summed E-state index contributed by atoms with van der Waals surface area (Å²) in [6.45, 7) is 6.95. The van der Waals surface area contributed by atoms with Gasteiger partial charge in [-0.05, 0) is 45.7 Å². The second-order valence-corrected chi connectivity index (χ2v) is 7.53. The lowest BCUT2D eigenvalue weighted by molar-refractivity contribution is 0.000869. The van der Waals surface area contributed by atoms with Gasteiger partial charge in [-0.2, -0.15) is 0 Å². The molecule has 24 heavy (non-hydrogen) atoms. The van der Waals surface area contributed by atoms with E-state index in [1.807, 2.05) is 31.7 Å². The number of amides is 1. The maximum atomic E-state index is 12.4. The molecule has 6 nitrogen and oxygen atoms in total. The van der Waals surface area contributed by atoms with Gasteiger partial charge in [0.05, 0.1) is 11.6 Å². The summed E-state index contributed by atoms with van der Waals surface area (Å²) >= 11 is 0. The molecule has 0 aliphatic carbocycles. The number of nitrogens with zero attached hydrogens (tertiary/aromatic N) is 2. The molecular weight excluding hydrogens is 308 g/mol. The predicted molar refractivity (Wildman–Crippen MR) is 90.6 cm³/mol. The van der Waals surface area contributed by atoms with Crippen LogP contribution < -0.4 is 4.90 Å². The lowest BCUT2D eigenvalue weighted by Crippen LogP contribution is -2.64. The molecule has 130 valence electrons. The number of benzene rings is 1. The van der Waals surface area contributed by atoms with E-state index in [0.717, 1.165) is 18.5 Å². The number of phenolic OH excluding ortho intramolecular Hbond substituents is 1. The van der Waals surface area contributed by atoms with E-state index in [2.05, 4.69) is 4.90 Å². The minimum atomic E-state index is -0.496. The lowest BCUT2D eigenvalue weighted by atomic mass is 9.90. The molecule has 0 aromatic heterocycles. The second kappa shape index (κ2) is 6.00. The van der Waals surface area contributed by atoms with E-state index >= 15 is 0 Å². The first-order chi connectivity index (χ1) is 11.3. The van der Waals surface area contributed by atoms with Crippen molar-refractivity contribution in [1.29, 1.82) is 0 Å². The summed E-state index contributed by atoms with van der Waals surface area (Å²) in [6.07, 6.45) is 2.35. The zero-order chi connectivity index (χ0) is 17.5. The quantitative estimate of drug-likeness (QED) is 0.843. The molecule has 3 aliphatic heterocycles. The van der Waals surface area contributed by atoms with Crippen molar-refractivity contribution in [2.45, 2.75) is 51.3 Å². The normalized spacial score (nSPS) is 23.3. The highest BCUT2D eigenvalue weighted by Gasteiger charge is 2.42. The average Bonchev–Trinajstić information content (AvgIpc) is 2.53. The van der Waals surface area contributed by atoms with Gasteiger partial charge in [0.1, 0.15) is 11.4 Å². The van der Waals surface area contributed by atoms with Crippen LogP contribution in [0.15, 0.2) is 18.2 Å². The summed E-state index contributed by atoms with van der Waals surface area (Å²) in [5.41, 5.74) is 0.678. The molecule has 1 amide bonds. The van der Waals surface area contributed by atoms with E-state index in [9.17, 15) is 14.7 Å². The molecular formula is C18H24N2O4. The van der Waals surface area contributed by atoms with Crippen LogP contribution in [0.2, 0.25) is 0 Å². The minimum absolute atomic E-state index is 0.00653. The number of carbonyl (C=O) groups is 2. The summed E-state index contributed by atoms with van der Waals surface area (Å²) in [5.74, 6) is -0.00653. The first-order valence-corrected chi connectivity index (χ1v) is 8.33. The Balaban J connectivity index is 1.75. The minimum Gasteiger partial charge on any atom is -0.507 e. The highest BCUT2D eigenvalue weighted by Crippen LogP contribution is 2.35. The van der Waals surface area contributed by atoms with Crippen LogP contribution in [0.5, 0.6) is 5.75 Å². The van der Waals surface area contributed by atoms with Gasteiger partial charge in [0.25, 0.3) is 0 Å². The first kappa shape index (κ1) is 16.6. The molecule has 1 aromatic carbocycles. The van der Waals surface area contributed by atoms with Gasteiger partial charge in [-0.3, -0.25) is 4.79 Å². The van der Waals surface area contributed by atoms with Gasteiger partial charge in [0.15, 0.2) is 6.29 Å². The Morgan fingerprint density at radius 1 is 1.25 bits per heavy atom. The van der Waals surface area contributed by atoms with E-state index in [4.69, 9.17) is 4.74 Å². The number of hydrogen-bond acceptors (Lipinski definition) is 5. The topological polar surface area (TPSA) is 70.1 Å². The number of hydrogen-bond donors (Lipinski definition) is 1. The first-order valence-electron chi connectivity index (χ1n) is 8.33. The van der Waals surface area contributed by atoms with Crippen LogP contribution in [0, 0.1) is 0 Å². The third kappa shape index (κ3) is 3.18. The summed E-state index contributed by atoms with van der Waals surface area (Å²) in [6, 6.07) is 5.41. The van der Waals surface area contributed by atoms with Gasteiger partial charge in [-0.15, -0.1) is 0 Å². The zero-order valence-corrected chi connectivity index (χ0v) is 14.4. The number of anilines is 1. The summed E-state index contributed by atoms with van der Waals surface area (Å²) in [4.78, 5) is 27.3. The van der Waals surface area contributed by atoms with E-state index < -0.39 is 5.60 Å². The molecule has 4 rings (SSSR count). The molecule has 3 aliphatic rings. The largest absolute Gasteiger partial charge is 0.507 e. The van der Waals surface area contributed by atoms with Crippen molar-refractivity contribution in [1.82, 2.24) is 4.90 Å². The molecule has 1 N–H and O–H groups in total. The molecule has 0 spiro atoms. The standard InChI is InChI=1S/C18H24N2O4/c1-18(2,3)24-17(23)20-10-14-6-7-15(20)9-19(14)13-5-4-12(11-21)16(22)8-13/h4-5,8,11,14-15,22H,6-7,9-10H2,1-3H3. The van der Waals surface area contributed by atoms with Crippen LogP contribution >= 0.6 is 0 Å². The zero-order valence-electron chi connectivity index (χ0n) is 14.4. The summed E-state index contributed by atoms with van der Waals surface area (Å²) in [5, 5.41) is 9.92. The Labute approximate surface area is 142 Å². The Bertz CT molecular complexity index is 653. The molecule has 3 heterocycles. The van der Waals surface area contributed by atoms with Crippen molar-refractivity contribution in [3.05, 3.63) is 23.8 Å². The van der Waals surface area contributed by atoms with E-state index in [-0.39, 0.29) is 29.5 Å². The molecule has 2 unspecified atom stereocenters. The van der Waals surface area contributed by atoms with Crippen LogP contribution in [-0.4, -0.2) is 53.2 Å². The fourth-order valence-corrected chi connectivity index (χ4v) is 3.50. The number of fused-ring (bicyclic) bond motifs is 3. The number of piperidine rings is 2. The molecule has 0 saturated carbocycles. The molecule has 0 radical (unpaired) electrons. The fraction of sp³-hybridized carbons (Fsp3) is 0.556. The molecule has 3 fully saturated rings. The third-order valence-corrected chi connectivity index (χ3v) is 4.63. The highest BCUT2D eigenvalue weighted by atomic mass is 16.6. The number of carbonyl (C=O) groups excluding carboxylic acids is 2. The molecule has 2 atom stereocenters. The maximum absolute atomic E-state index is 12.4. The molecule has 6 heteroatoms. The average molecular weight is 332 g/mol. The smallest absolute Gasteiger partial charge is 0.410 e. The predicted octanol–water partition coefficient (Wildman–Crippen LogP) is 2.79. The van der Waals surface area contributed by atoms with Crippen molar-refractivity contribution < 1.29 is 19.4 Å². The van der Waals surface area contributed by atoms with Crippen LogP contribution in [-0.2, 0) is 4.74 Å². The van der Waals surface area contributed by atoms with E-state index in [1.54, 1.807) is 12.1 Å². The van der Waals surface area contributed by atoms with Crippen molar-refractivity contribution in [3.8, 4) is 5.75 Å². The number of phenols is 1. The Morgan fingerprint density at radius 3 is 2.50 bits per heavy atom. The van der Waals surface area contributed by atoms with Gasteiger partial charge in [-0.25, -0.2) is 4.79 Å². The van der Waals surface area contributed by atoms with Crippen LogP contribution in [0.3, 0.4) is 0 Å². The number of piperazine rings is 1. The Kier molecular flexibility index (Phi) is 4.15. The molecule has 3 saturated heterocycles. The Hall–Kier alpha value is -2.24. The SMILES string of the molecule is CC(C)(C)OC(=O)N1CC2CCC1CN2c1ccc(C=O)c(O)c1. The van der Waals surface area contributed by atoms with Crippen molar-refractivity contribution in [3.63, 3.8) is 0 Å². The van der Waals surface area contributed by atoms with Crippen molar-refractivity contribution in [2.24, 2.45) is 0 Å². The Morgan fingerprint density at radius 2 is 1.96 bits per heavy atom. The van der Waals surface area contributed by atoms with Gasteiger partial charge < -0.3 is 19.6 Å². The summed E-state index contributed by atoms with van der Waals surface area (Å²) in [7, 11) is 0. The monoisotopic (exact) mass is 332 g/mol. The fourth-order valence-electron chi connectivity index (χ4n) is 3.50. The van der Waals surface area contributed by atoms with Gasteiger partial charge in [-0.1, -0.05) is 0 Å². The maximum Gasteiger partial charge on any atom is 0.410 e. The number of ether oxygens (including phenoxy) is 1. The van der Waals surface area contributed by atoms with Gasteiger partial charge >= 0.3 is 6.09 Å². The van der Waals surface area contributed by atoms with E-state index in [0.29, 0.717) is 19.4 Å². The van der Waals surface area contributed by atoms with Crippen molar-refractivity contribution in [2.75, 3.05) is 18.0 Å². The third-order valence-electron chi connectivity index (χ3n) is 4.63. The lowest BCUT2D eigenvalue weighted by Gasteiger charge is -2.52. The van der Waals surface area contributed by atoms with Gasteiger partial charge in [0, 0.05) is 30.9 Å². The number of rotatable bonds is 2. The number of aromatic hydroxyl groups is 1. The number of aldehydes is 1.